The lowest BCUT2D eigenvalue weighted by molar-refractivity contribution is 0.105. The normalized spacial score (nSPS) is 13.9. The molecule has 2 aromatic rings. The van der Waals surface area contributed by atoms with E-state index < -0.39 is 0 Å². The summed E-state index contributed by atoms with van der Waals surface area (Å²) in [5, 5.41) is 3.28. The molecule has 29 heavy (non-hydrogen) atoms. The second-order valence-corrected chi connectivity index (χ2v) is 6.76. The summed E-state index contributed by atoms with van der Waals surface area (Å²) in [6.07, 6.45) is 1.51. The van der Waals surface area contributed by atoms with Crippen molar-refractivity contribution >= 4 is 29.2 Å². The molecule has 0 saturated carbocycles. The third-order valence-corrected chi connectivity index (χ3v) is 5.02. The van der Waals surface area contributed by atoms with Crippen LogP contribution in [0.3, 0.4) is 0 Å². The van der Waals surface area contributed by atoms with Crippen LogP contribution in [0.4, 0.5) is 27.9 Å². The molecule has 0 unspecified atom stereocenters. The Bertz CT molecular complexity index is 786. The van der Waals surface area contributed by atoms with Crippen molar-refractivity contribution in [3.05, 3.63) is 36.5 Å². The van der Waals surface area contributed by atoms with Crippen LogP contribution in [0.25, 0.3) is 0 Å². The van der Waals surface area contributed by atoms with Crippen LogP contribution >= 0.6 is 0 Å². The fraction of sp³-hybridized carbons (Fsp3) is 0.476. The van der Waals surface area contributed by atoms with Crippen molar-refractivity contribution in [2.75, 3.05) is 61.0 Å². The zero-order chi connectivity index (χ0) is 20.6. The second-order valence-electron chi connectivity index (χ2n) is 6.76. The Labute approximate surface area is 172 Å². The number of ether oxygens (including phenoxy) is 1. The molecule has 1 aliphatic rings. The summed E-state index contributed by atoms with van der Waals surface area (Å²) in [5.74, 6) is 1.41. The number of piperazine rings is 1. The second kappa shape index (κ2) is 9.95. The van der Waals surface area contributed by atoms with Gasteiger partial charge in [-0.2, -0.15) is 4.98 Å². The maximum atomic E-state index is 11.8. The molecule has 1 amide bonds. The number of benzene rings is 1. The average Bonchev–Trinajstić information content (AvgIpc) is 2.76. The molecule has 8 heteroatoms. The standard InChI is InChI=1S/C21H30N6O2/c1-4-25(5-2)18-9-7-17(8-10-18)23-20-22-12-11-19(24-20)26-13-15-27(16-14-26)21(28)29-6-3/h7-12H,4-6,13-16H2,1-3H3,(H,22,23,24). The summed E-state index contributed by atoms with van der Waals surface area (Å²) in [7, 11) is 0. The van der Waals surface area contributed by atoms with Crippen molar-refractivity contribution < 1.29 is 9.53 Å². The number of amides is 1. The van der Waals surface area contributed by atoms with E-state index in [9.17, 15) is 4.79 Å². The monoisotopic (exact) mass is 398 g/mol. The largest absolute Gasteiger partial charge is 0.450 e. The first-order valence-electron chi connectivity index (χ1n) is 10.3. The van der Waals surface area contributed by atoms with Crippen LogP contribution in [-0.4, -0.2) is 66.8 Å². The third kappa shape index (κ3) is 5.28. The summed E-state index contributed by atoms with van der Waals surface area (Å²) < 4.78 is 5.08. The zero-order valence-electron chi connectivity index (χ0n) is 17.5. The van der Waals surface area contributed by atoms with Gasteiger partial charge in [-0.3, -0.25) is 0 Å². The Balaban J connectivity index is 1.61. The van der Waals surface area contributed by atoms with Crippen LogP contribution in [0.15, 0.2) is 36.5 Å². The van der Waals surface area contributed by atoms with Gasteiger partial charge in [0.25, 0.3) is 0 Å². The molecule has 0 aliphatic carbocycles. The van der Waals surface area contributed by atoms with E-state index in [0.717, 1.165) is 24.6 Å². The number of rotatable bonds is 7. The summed E-state index contributed by atoms with van der Waals surface area (Å²) >= 11 is 0. The van der Waals surface area contributed by atoms with Crippen LogP contribution in [0.5, 0.6) is 0 Å². The van der Waals surface area contributed by atoms with E-state index in [1.165, 1.54) is 5.69 Å². The minimum atomic E-state index is -0.245. The van der Waals surface area contributed by atoms with Crippen molar-refractivity contribution in [3.8, 4) is 0 Å². The van der Waals surface area contributed by atoms with E-state index in [2.05, 4.69) is 51.1 Å². The highest BCUT2D eigenvalue weighted by molar-refractivity contribution is 5.68. The summed E-state index contributed by atoms with van der Waals surface area (Å²) in [6, 6.07) is 10.2. The van der Waals surface area contributed by atoms with Crippen molar-refractivity contribution in [2.45, 2.75) is 20.8 Å². The number of nitrogens with one attached hydrogen (secondary N) is 1. The highest BCUT2D eigenvalue weighted by Gasteiger charge is 2.22. The Hall–Kier alpha value is -3.03. The molecule has 1 aromatic carbocycles. The molecule has 156 valence electrons. The number of hydrogen-bond acceptors (Lipinski definition) is 7. The van der Waals surface area contributed by atoms with E-state index in [4.69, 9.17) is 4.74 Å². The molecule has 1 aromatic heterocycles. The number of carbonyl (C=O) groups is 1. The predicted octanol–water partition coefficient (Wildman–Crippen LogP) is 3.34. The highest BCUT2D eigenvalue weighted by Crippen LogP contribution is 2.21. The van der Waals surface area contributed by atoms with E-state index in [0.29, 0.717) is 38.7 Å². The molecule has 1 fully saturated rings. The van der Waals surface area contributed by atoms with Gasteiger partial charge in [-0.05, 0) is 51.1 Å². The molecule has 0 radical (unpaired) electrons. The number of aromatic nitrogens is 2. The van der Waals surface area contributed by atoms with E-state index in [-0.39, 0.29) is 6.09 Å². The fourth-order valence-electron chi connectivity index (χ4n) is 3.39. The molecular formula is C21H30N6O2. The SMILES string of the molecule is CCOC(=O)N1CCN(c2ccnc(Nc3ccc(N(CC)CC)cc3)n2)CC1. The molecule has 1 saturated heterocycles. The van der Waals surface area contributed by atoms with Gasteiger partial charge in [-0.15, -0.1) is 0 Å². The first-order valence-corrected chi connectivity index (χ1v) is 10.3. The first kappa shape index (κ1) is 20.7. The number of hydrogen-bond donors (Lipinski definition) is 1. The molecule has 2 heterocycles. The van der Waals surface area contributed by atoms with E-state index in [1.807, 2.05) is 25.1 Å². The van der Waals surface area contributed by atoms with Gasteiger partial charge in [0.2, 0.25) is 5.95 Å². The van der Waals surface area contributed by atoms with Crippen LogP contribution in [0.2, 0.25) is 0 Å². The molecule has 1 N–H and O–H groups in total. The predicted molar refractivity (Wildman–Crippen MR) is 116 cm³/mol. The van der Waals surface area contributed by atoms with Crippen LogP contribution in [0, 0.1) is 0 Å². The molecule has 1 aliphatic heterocycles. The molecule has 0 spiro atoms. The number of anilines is 4. The number of carbonyl (C=O) groups excluding carboxylic acids is 1. The van der Waals surface area contributed by atoms with Crippen LogP contribution < -0.4 is 15.1 Å². The smallest absolute Gasteiger partial charge is 0.409 e. The minimum Gasteiger partial charge on any atom is -0.450 e. The summed E-state index contributed by atoms with van der Waals surface area (Å²) in [6.45, 7) is 11.2. The molecule has 8 nitrogen and oxygen atoms in total. The topological polar surface area (TPSA) is 73.8 Å². The number of nitrogens with zero attached hydrogens (tertiary/aromatic N) is 5. The van der Waals surface area contributed by atoms with Gasteiger partial charge in [0.15, 0.2) is 0 Å². The average molecular weight is 399 g/mol. The van der Waals surface area contributed by atoms with Gasteiger partial charge in [-0.25, -0.2) is 9.78 Å². The zero-order valence-corrected chi connectivity index (χ0v) is 17.5. The summed E-state index contributed by atoms with van der Waals surface area (Å²) in [4.78, 5) is 27.0. The van der Waals surface area contributed by atoms with Gasteiger partial charge in [0, 0.05) is 56.8 Å². The van der Waals surface area contributed by atoms with Gasteiger partial charge in [0.1, 0.15) is 5.82 Å². The lowest BCUT2D eigenvalue weighted by atomic mass is 10.2. The maximum absolute atomic E-state index is 11.8. The van der Waals surface area contributed by atoms with Gasteiger partial charge < -0.3 is 24.8 Å². The first-order chi connectivity index (χ1) is 14.1. The fourth-order valence-corrected chi connectivity index (χ4v) is 3.39. The lowest BCUT2D eigenvalue weighted by Crippen LogP contribution is -2.49. The Kier molecular flexibility index (Phi) is 7.10. The van der Waals surface area contributed by atoms with Crippen molar-refractivity contribution in [1.82, 2.24) is 14.9 Å². The minimum absolute atomic E-state index is 0.245. The lowest BCUT2D eigenvalue weighted by Gasteiger charge is -2.34. The Morgan fingerprint density at radius 1 is 1.07 bits per heavy atom. The molecule has 0 bridgehead atoms. The highest BCUT2D eigenvalue weighted by atomic mass is 16.6. The summed E-state index contributed by atoms with van der Waals surface area (Å²) in [5.41, 5.74) is 2.15. The van der Waals surface area contributed by atoms with Crippen LogP contribution in [0.1, 0.15) is 20.8 Å². The molecule has 0 atom stereocenters. The molecule has 3 rings (SSSR count). The van der Waals surface area contributed by atoms with Gasteiger partial charge in [0.05, 0.1) is 6.61 Å². The van der Waals surface area contributed by atoms with Crippen LogP contribution in [-0.2, 0) is 4.74 Å². The molecular weight excluding hydrogens is 368 g/mol. The Morgan fingerprint density at radius 2 is 1.76 bits per heavy atom. The quantitative estimate of drug-likeness (QED) is 0.767. The van der Waals surface area contributed by atoms with Gasteiger partial charge in [-0.1, -0.05) is 0 Å². The van der Waals surface area contributed by atoms with Crippen molar-refractivity contribution in [3.63, 3.8) is 0 Å². The maximum Gasteiger partial charge on any atom is 0.409 e. The van der Waals surface area contributed by atoms with Gasteiger partial charge >= 0.3 is 6.09 Å². The van der Waals surface area contributed by atoms with E-state index in [1.54, 1.807) is 11.1 Å². The van der Waals surface area contributed by atoms with Crippen molar-refractivity contribution in [1.29, 1.82) is 0 Å². The Morgan fingerprint density at radius 3 is 2.38 bits per heavy atom. The van der Waals surface area contributed by atoms with E-state index >= 15 is 0 Å². The third-order valence-electron chi connectivity index (χ3n) is 5.02. The van der Waals surface area contributed by atoms with Crippen molar-refractivity contribution in [2.24, 2.45) is 0 Å².